The number of nitrogens with zero attached hydrogens (tertiary/aromatic N) is 2. The average molecular weight is 435 g/mol. The van der Waals surface area contributed by atoms with Crippen LogP contribution in [0.25, 0.3) is 0 Å². The minimum absolute atomic E-state index is 0. The van der Waals surface area contributed by atoms with Crippen molar-refractivity contribution < 1.29 is 14.2 Å². The van der Waals surface area contributed by atoms with Crippen LogP contribution in [0.15, 0.2) is 23.2 Å². The van der Waals surface area contributed by atoms with E-state index in [9.17, 15) is 0 Å². The van der Waals surface area contributed by atoms with Gasteiger partial charge in [-0.15, -0.1) is 24.0 Å². The number of methoxy groups -OCH3 is 1. The Balaban J connectivity index is 0.00000264. The van der Waals surface area contributed by atoms with E-state index in [0.29, 0.717) is 32.3 Å². The Morgan fingerprint density at radius 1 is 1.30 bits per heavy atom. The third-order valence-electron chi connectivity index (χ3n) is 3.45. The van der Waals surface area contributed by atoms with Gasteiger partial charge in [0.25, 0.3) is 0 Å². The molecule has 0 aromatic heterocycles. The standard InChI is InChI=1S/C16H25N3O3.HI/c1-3-8-22-14-5-4-13(11-15(14)20-2)12-18-16(17)19-6-9-21-10-7-19;/h4-5,11H,3,6-10,12H2,1-2H3,(H2,17,18);1H. The normalized spacial score (nSPS) is 15.0. The Morgan fingerprint density at radius 2 is 2.04 bits per heavy atom. The zero-order valence-corrected chi connectivity index (χ0v) is 16.1. The number of morpholine rings is 1. The van der Waals surface area contributed by atoms with Gasteiger partial charge in [0.1, 0.15) is 0 Å². The van der Waals surface area contributed by atoms with Gasteiger partial charge >= 0.3 is 0 Å². The first-order valence-corrected chi connectivity index (χ1v) is 7.67. The molecule has 0 amide bonds. The van der Waals surface area contributed by atoms with Gasteiger partial charge in [0.05, 0.1) is 33.5 Å². The van der Waals surface area contributed by atoms with Crippen molar-refractivity contribution in [2.24, 2.45) is 10.7 Å². The predicted molar refractivity (Wildman–Crippen MR) is 102 cm³/mol. The molecule has 0 radical (unpaired) electrons. The first kappa shape index (κ1) is 19.8. The second-order valence-corrected chi connectivity index (χ2v) is 5.11. The molecular weight excluding hydrogens is 409 g/mol. The topological polar surface area (TPSA) is 69.3 Å². The molecule has 7 heteroatoms. The number of aliphatic imine (C=N–C) groups is 1. The number of hydrogen-bond donors (Lipinski definition) is 1. The molecule has 1 heterocycles. The number of guanidine groups is 1. The molecule has 0 aliphatic carbocycles. The maximum absolute atomic E-state index is 6.03. The lowest BCUT2D eigenvalue weighted by molar-refractivity contribution is 0.0674. The molecule has 0 bridgehead atoms. The van der Waals surface area contributed by atoms with E-state index in [1.54, 1.807) is 7.11 Å². The maximum atomic E-state index is 6.03. The Hall–Kier alpha value is -1.22. The Labute approximate surface area is 155 Å². The summed E-state index contributed by atoms with van der Waals surface area (Å²) in [6.07, 6.45) is 0.964. The summed E-state index contributed by atoms with van der Waals surface area (Å²) in [5, 5.41) is 0. The fourth-order valence-corrected chi connectivity index (χ4v) is 2.21. The van der Waals surface area contributed by atoms with E-state index in [0.717, 1.165) is 36.6 Å². The quantitative estimate of drug-likeness (QED) is 0.422. The van der Waals surface area contributed by atoms with Crippen molar-refractivity contribution in [3.05, 3.63) is 23.8 Å². The van der Waals surface area contributed by atoms with Crippen LogP contribution >= 0.6 is 24.0 Å². The highest BCUT2D eigenvalue weighted by Crippen LogP contribution is 2.28. The minimum atomic E-state index is 0. The third-order valence-corrected chi connectivity index (χ3v) is 3.45. The van der Waals surface area contributed by atoms with Gasteiger partial charge in [-0.1, -0.05) is 13.0 Å². The molecule has 2 rings (SSSR count). The predicted octanol–water partition coefficient (Wildman–Crippen LogP) is 2.25. The lowest BCUT2D eigenvalue weighted by Gasteiger charge is -2.27. The van der Waals surface area contributed by atoms with Crippen LogP contribution in [-0.4, -0.2) is 50.9 Å². The molecule has 23 heavy (non-hydrogen) atoms. The first-order chi connectivity index (χ1) is 10.7. The second kappa shape index (κ2) is 10.5. The molecule has 0 atom stereocenters. The van der Waals surface area contributed by atoms with Crippen molar-refractivity contribution in [2.45, 2.75) is 19.9 Å². The van der Waals surface area contributed by atoms with Crippen LogP contribution in [0.5, 0.6) is 11.5 Å². The van der Waals surface area contributed by atoms with E-state index < -0.39 is 0 Å². The monoisotopic (exact) mass is 435 g/mol. The molecule has 1 saturated heterocycles. The molecule has 6 nitrogen and oxygen atoms in total. The number of rotatable bonds is 6. The van der Waals surface area contributed by atoms with Crippen molar-refractivity contribution in [3.8, 4) is 11.5 Å². The number of hydrogen-bond acceptors (Lipinski definition) is 4. The van der Waals surface area contributed by atoms with Crippen molar-refractivity contribution in [1.29, 1.82) is 0 Å². The number of nitrogens with two attached hydrogens (primary N) is 1. The van der Waals surface area contributed by atoms with Crippen LogP contribution in [-0.2, 0) is 11.3 Å². The first-order valence-electron chi connectivity index (χ1n) is 7.67. The summed E-state index contributed by atoms with van der Waals surface area (Å²) in [7, 11) is 1.64. The van der Waals surface area contributed by atoms with E-state index in [-0.39, 0.29) is 24.0 Å². The highest BCUT2D eigenvalue weighted by molar-refractivity contribution is 14.0. The molecule has 0 spiro atoms. The van der Waals surface area contributed by atoms with Crippen molar-refractivity contribution in [3.63, 3.8) is 0 Å². The molecule has 1 aromatic carbocycles. The van der Waals surface area contributed by atoms with Crippen molar-refractivity contribution in [1.82, 2.24) is 4.90 Å². The summed E-state index contributed by atoms with van der Waals surface area (Å²) in [6, 6.07) is 5.86. The second-order valence-electron chi connectivity index (χ2n) is 5.11. The van der Waals surface area contributed by atoms with Gasteiger partial charge in [-0.25, -0.2) is 4.99 Å². The molecule has 130 valence electrons. The van der Waals surface area contributed by atoms with E-state index in [4.69, 9.17) is 19.9 Å². The van der Waals surface area contributed by atoms with Crippen molar-refractivity contribution >= 4 is 29.9 Å². The van der Waals surface area contributed by atoms with Crippen LogP contribution in [0.3, 0.4) is 0 Å². The summed E-state index contributed by atoms with van der Waals surface area (Å²) in [4.78, 5) is 6.49. The van der Waals surface area contributed by atoms with E-state index >= 15 is 0 Å². The number of halogens is 1. The number of ether oxygens (including phenoxy) is 3. The van der Waals surface area contributed by atoms with Gasteiger partial charge in [-0.05, 0) is 24.1 Å². The molecule has 1 aliphatic rings. The summed E-state index contributed by atoms with van der Waals surface area (Å²) >= 11 is 0. The minimum Gasteiger partial charge on any atom is -0.493 e. The van der Waals surface area contributed by atoms with Gasteiger partial charge in [0, 0.05) is 13.1 Å². The molecule has 2 N–H and O–H groups in total. The van der Waals surface area contributed by atoms with Gasteiger partial charge in [0.15, 0.2) is 17.5 Å². The molecule has 0 unspecified atom stereocenters. The van der Waals surface area contributed by atoms with Gasteiger partial charge in [0.2, 0.25) is 0 Å². The highest BCUT2D eigenvalue weighted by Gasteiger charge is 2.12. The van der Waals surface area contributed by atoms with Gasteiger partial charge in [-0.3, -0.25) is 0 Å². The smallest absolute Gasteiger partial charge is 0.191 e. The molecule has 1 fully saturated rings. The lowest BCUT2D eigenvalue weighted by atomic mass is 10.2. The van der Waals surface area contributed by atoms with E-state index in [2.05, 4.69) is 11.9 Å². The summed E-state index contributed by atoms with van der Waals surface area (Å²) < 4.78 is 16.3. The average Bonchev–Trinajstić information content (AvgIpc) is 2.58. The maximum Gasteiger partial charge on any atom is 0.191 e. The van der Waals surface area contributed by atoms with Gasteiger partial charge in [-0.2, -0.15) is 0 Å². The Bertz CT molecular complexity index is 505. The van der Waals surface area contributed by atoms with E-state index in [1.807, 2.05) is 23.1 Å². The summed E-state index contributed by atoms with van der Waals surface area (Å²) in [5.41, 5.74) is 7.07. The van der Waals surface area contributed by atoms with Crippen LogP contribution < -0.4 is 15.2 Å². The van der Waals surface area contributed by atoms with Gasteiger partial charge < -0.3 is 24.8 Å². The SMILES string of the molecule is CCCOc1ccc(CN=C(N)N2CCOCC2)cc1OC.I. The van der Waals surface area contributed by atoms with Crippen LogP contribution in [0.4, 0.5) is 0 Å². The number of benzene rings is 1. The zero-order valence-electron chi connectivity index (χ0n) is 13.8. The zero-order chi connectivity index (χ0) is 15.8. The largest absolute Gasteiger partial charge is 0.493 e. The van der Waals surface area contributed by atoms with Crippen LogP contribution in [0, 0.1) is 0 Å². The van der Waals surface area contributed by atoms with Crippen molar-refractivity contribution in [2.75, 3.05) is 40.0 Å². The molecule has 0 saturated carbocycles. The van der Waals surface area contributed by atoms with Crippen LogP contribution in [0.2, 0.25) is 0 Å². The third kappa shape index (κ3) is 6.06. The van der Waals surface area contributed by atoms with E-state index in [1.165, 1.54) is 0 Å². The Morgan fingerprint density at radius 3 is 2.70 bits per heavy atom. The molecule has 1 aliphatic heterocycles. The molecule has 1 aromatic rings. The Kier molecular flexibility index (Phi) is 9.08. The molecular formula is C16H26IN3O3. The highest BCUT2D eigenvalue weighted by atomic mass is 127. The summed E-state index contributed by atoms with van der Waals surface area (Å²) in [5.74, 6) is 2.05. The summed E-state index contributed by atoms with van der Waals surface area (Å²) in [6.45, 7) is 6.27. The lowest BCUT2D eigenvalue weighted by Crippen LogP contribution is -2.44. The van der Waals surface area contributed by atoms with Crippen LogP contribution in [0.1, 0.15) is 18.9 Å². The fourth-order valence-electron chi connectivity index (χ4n) is 2.21. The fraction of sp³-hybridized carbons (Fsp3) is 0.562.